The van der Waals surface area contributed by atoms with Crippen molar-refractivity contribution in [2.45, 2.75) is 13.0 Å². The molecule has 0 aliphatic carbocycles. The number of hydrogen-bond acceptors (Lipinski definition) is 4. The van der Waals surface area contributed by atoms with Gasteiger partial charge in [-0.2, -0.15) is 0 Å². The van der Waals surface area contributed by atoms with E-state index in [1.165, 1.54) is 17.4 Å². The number of nitrogens with one attached hydrogen (secondary N) is 1. The SMILES string of the molecule is Cc1nc2c(s1)C(c1ccc(Cl)cc1F)N(c1ccc3nc[nH]c3c1)C2=O. The molecule has 2 aromatic heterocycles. The fourth-order valence-electron chi connectivity index (χ4n) is 3.47. The zero-order valence-electron chi connectivity index (χ0n) is 14.0. The van der Waals surface area contributed by atoms with E-state index in [1.807, 2.05) is 25.1 Å². The van der Waals surface area contributed by atoms with Crippen LogP contribution in [0.15, 0.2) is 42.7 Å². The van der Waals surface area contributed by atoms with Gasteiger partial charge >= 0.3 is 0 Å². The monoisotopic (exact) mass is 398 g/mol. The second kappa shape index (κ2) is 5.87. The van der Waals surface area contributed by atoms with E-state index in [-0.39, 0.29) is 5.91 Å². The normalized spacial score (nSPS) is 16.3. The van der Waals surface area contributed by atoms with Crippen molar-refractivity contribution in [3.63, 3.8) is 0 Å². The summed E-state index contributed by atoms with van der Waals surface area (Å²) < 4.78 is 14.8. The van der Waals surface area contributed by atoms with Crippen LogP contribution in [0.25, 0.3) is 11.0 Å². The first-order valence-corrected chi connectivity index (χ1v) is 9.41. The number of fused-ring (bicyclic) bond motifs is 2. The standard InChI is InChI=1S/C19H12ClFN4OS/c1-9-24-16-18(27-9)17(12-4-2-10(20)6-13(12)21)25(19(16)26)11-3-5-14-15(7-11)23-8-22-14/h2-8,17H,1H3,(H,22,23). The van der Waals surface area contributed by atoms with E-state index < -0.39 is 11.9 Å². The second-order valence-electron chi connectivity index (χ2n) is 6.29. The lowest BCUT2D eigenvalue weighted by Gasteiger charge is -2.26. The van der Waals surface area contributed by atoms with E-state index in [4.69, 9.17) is 11.6 Å². The van der Waals surface area contributed by atoms with Crippen molar-refractivity contribution < 1.29 is 9.18 Å². The fraction of sp³-hybridized carbons (Fsp3) is 0.105. The molecule has 0 saturated heterocycles. The lowest BCUT2D eigenvalue weighted by molar-refractivity contribution is 0.0989. The highest BCUT2D eigenvalue weighted by atomic mass is 35.5. The van der Waals surface area contributed by atoms with Crippen LogP contribution in [0.3, 0.4) is 0 Å². The Bertz CT molecular complexity index is 1220. The smallest absolute Gasteiger partial charge is 0.279 e. The molecule has 0 spiro atoms. The first kappa shape index (κ1) is 16.4. The summed E-state index contributed by atoms with van der Waals surface area (Å²) in [5, 5.41) is 1.09. The number of aromatic nitrogens is 3. The van der Waals surface area contributed by atoms with Crippen molar-refractivity contribution in [3.8, 4) is 0 Å². The van der Waals surface area contributed by atoms with Gasteiger partial charge in [-0.15, -0.1) is 11.3 Å². The summed E-state index contributed by atoms with van der Waals surface area (Å²) in [4.78, 5) is 27.1. The Morgan fingerprint density at radius 2 is 2.11 bits per heavy atom. The number of imidazole rings is 1. The molecule has 3 heterocycles. The second-order valence-corrected chi connectivity index (χ2v) is 7.96. The van der Waals surface area contributed by atoms with E-state index in [1.54, 1.807) is 23.4 Å². The number of anilines is 1. The molecule has 2 aromatic carbocycles. The van der Waals surface area contributed by atoms with Gasteiger partial charge in [-0.05, 0) is 37.3 Å². The van der Waals surface area contributed by atoms with E-state index in [0.717, 1.165) is 20.9 Å². The maximum Gasteiger partial charge on any atom is 0.279 e. The maximum absolute atomic E-state index is 14.8. The number of aromatic amines is 1. The molecule has 5 rings (SSSR count). The Hall–Kier alpha value is -2.77. The van der Waals surface area contributed by atoms with Crippen LogP contribution < -0.4 is 4.90 Å². The van der Waals surface area contributed by atoms with E-state index in [2.05, 4.69) is 15.0 Å². The van der Waals surface area contributed by atoms with Gasteiger partial charge in [0.25, 0.3) is 5.91 Å². The zero-order valence-corrected chi connectivity index (χ0v) is 15.6. The largest absolute Gasteiger partial charge is 0.345 e. The van der Waals surface area contributed by atoms with E-state index in [0.29, 0.717) is 22.0 Å². The molecule has 134 valence electrons. The summed E-state index contributed by atoms with van der Waals surface area (Å²) in [7, 11) is 0. The van der Waals surface area contributed by atoms with Crippen LogP contribution in [0, 0.1) is 12.7 Å². The third-order valence-electron chi connectivity index (χ3n) is 4.63. The molecule has 1 aliphatic rings. The van der Waals surface area contributed by atoms with Gasteiger partial charge in [0, 0.05) is 16.3 Å². The number of benzene rings is 2. The summed E-state index contributed by atoms with van der Waals surface area (Å²) in [5.41, 5.74) is 3.01. The highest BCUT2D eigenvalue weighted by Crippen LogP contribution is 2.45. The number of thiazole rings is 1. The van der Waals surface area contributed by atoms with Crippen LogP contribution >= 0.6 is 22.9 Å². The predicted molar refractivity (Wildman–Crippen MR) is 103 cm³/mol. The molecule has 1 N–H and O–H groups in total. The van der Waals surface area contributed by atoms with Crippen LogP contribution in [0.4, 0.5) is 10.1 Å². The van der Waals surface area contributed by atoms with Crippen LogP contribution in [0.1, 0.15) is 32.0 Å². The van der Waals surface area contributed by atoms with Crippen LogP contribution in [-0.4, -0.2) is 20.9 Å². The van der Waals surface area contributed by atoms with Crippen LogP contribution in [-0.2, 0) is 0 Å². The molecule has 0 radical (unpaired) electrons. The van der Waals surface area contributed by atoms with Crippen molar-refractivity contribution in [1.29, 1.82) is 0 Å². The highest BCUT2D eigenvalue weighted by Gasteiger charge is 2.43. The van der Waals surface area contributed by atoms with Crippen molar-refractivity contribution in [3.05, 3.63) is 74.7 Å². The van der Waals surface area contributed by atoms with Gasteiger partial charge in [0.1, 0.15) is 17.6 Å². The minimum absolute atomic E-state index is 0.243. The molecule has 1 amide bonds. The molecular formula is C19H12ClFN4OS. The molecule has 0 fully saturated rings. The van der Waals surface area contributed by atoms with Crippen molar-refractivity contribution in [1.82, 2.24) is 15.0 Å². The van der Waals surface area contributed by atoms with E-state index >= 15 is 0 Å². The molecule has 1 atom stereocenters. The quantitative estimate of drug-likeness (QED) is 0.524. The average Bonchev–Trinajstić information content (AvgIpc) is 3.30. The minimum atomic E-state index is -0.587. The number of halogens is 2. The highest BCUT2D eigenvalue weighted by molar-refractivity contribution is 7.12. The topological polar surface area (TPSA) is 61.9 Å². The van der Waals surface area contributed by atoms with E-state index in [9.17, 15) is 9.18 Å². The van der Waals surface area contributed by atoms with Crippen molar-refractivity contribution in [2.24, 2.45) is 0 Å². The predicted octanol–water partition coefficient (Wildman–Crippen LogP) is 4.87. The van der Waals surface area contributed by atoms with Crippen LogP contribution in [0.2, 0.25) is 5.02 Å². The zero-order chi connectivity index (χ0) is 18.7. The van der Waals surface area contributed by atoms with Gasteiger partial charge in [0.15, 0.2) is 0 Å². The number of amides is 1. The van der Waals surface area contributed by atoms with Gasteiger partial charge in [-0.25, -0.2) is 14.4 Å². The molecular weight excluding hydrogens is 387 g/mol. The van der Waals surface area contributed by atoms with Gasteiger partial charge < -0.3 is 4.98 Å². The molecule has 1 unspecified atom stereocenters. The molecule has 0 bridgehead atoms. The molecule has 1 aliphatic heterocycles. The molecule has 27 heavy (non-hydrogen) atoms. The Kier molecular flexibility index (Phi) is 3.57. The van der Waals surface area contributed by atoms with Crippen molar-refractivity contribution in [2.75, 3.05) is 4.90 Å². The summed E-state index contributed by atoms with van der Waals surface area (Å²) in [6.45, 7) is 1.84. The first-order valence-electron chi connectivity index (χ1n) is 8.22. The Morgan fingerprint density at radius 3 is 2.93 bits per heavy atom. The molecule has 4 aromatic rings. The number of aryl methyl sites for hydroxylation is 1. The summed E-state index contributed by atoms with van der Waals surface area (Å²) in [6, 6.07) is 9.42. The van der Waals surface area contributed by atoms with Gasteiger partial charge in [-0.1, -0.05) is 17.7 Å². The fourth-order valence-corrected chi connectivity index (χ4v) is 4.66. The Balaban J connectivity index is 1.72. The Morgan fingerprint density at radius 1 is 1.26 bits per heavy atom. The van der Waals surface area contributed by atoms with Gasteiger partial charge in [0.2, 0.25) is 0 Å². The number of rotatable bonds is 2. The Labute approximate surface area is 162 Å². The maximum atomic E-state index is 14.8. The number of hydrogen-bond donors (Lipinski definition) is 1. The summed E-state index contributed by atoms with van der Waals surface area (Å²) in [5.74, 6) is -0.695. The summed E-state index contributed by atoms with van der Waals surface area (Å²) in [6.07, 6.45) is 1.60. The van der Waals surface area contributed by atoms with Crippen LogP contribution in [0.5, 0.6) is 0 Å². The third kappa shape index (κ3) is 2.46. The number of H-pyrrole nitrogens is 1. The van der Waals surface area contributed by atoms with Gasteiger partial charge in [-0.3, -0.25) is 9.69 Å². The summed E-state index contributed by atoms with van der Waals surface area (Å²) >= 11 is 7.33. The molecule has 0 saturated carbocycles. The lowest BCUT2D eigenvalue weighted by atomic mass is 10.0. The first-order chi connectivity index (χ1) is 13.0. The minimum Gasteiger partial charge on any atom is -0.345 e. The molecule has 5 nitrogen and oxygen atoms in total. The number of nitrogens with zero attached hydrogens (tertiary/aromatic N) is 3. The lowest BCUT2D eigenvalue weighted by Crippen LogP contribution is -2.29. The number of carbonyl (C=O) groups is 1. The van der Waals surface area contributed by atoms with Gasteiger partial charge in [0.05, 0.1) is 27.2 Å². The van der Waals surface area contributed by atoms with Crippen molar-refractivity contribution >= 4 is 45.6 Å². The molecule has 8 heteroatoms. The number of carbonyl (C=O) groups excluding carboxylic acids is 1. The third-order valence-corrected chi connectivity index (χ3v) is 5.89. The average molecular weight is 399 g/mol.